The average molecular weight is 287 g/mol. The van der Waals surface area contributed by atoms with Crippen molar-refractivity contribution in [1.82, 2.24) is 14.9 Å². The van der Waals surface area contributed by atoms with Crippen molar-refractivity contribution in [3.63, 3.8) is 0 Å². The maximum atomic E-state index is 12.1. The van der Waals surface area contributed by atoms with Crippen LogP contribution in [0.2, 0.25) is 0 Å². The Kier molecular flexibility index (Phi) is 4.75. The fraction of sp³-hybridized carbons (Fsp3) is 0.375. The lowest BCUT2D eigenvalue weighted by molar-refractivity contribution is 0.0614. The minimum Gasteiger partial charge on any atom is -0.374 e. The third-order valence-corrected chi connectivity index (χ3v) is 2.96. The van der Waals surface area contributed by atoms with E-state index in [2.05, 4.69) is 10.3 Å². The van der Waals surface area contributed by atoms with E-state index in [9.17, 15) is 4.79 Å². The van der Waals surface area contributed by atoms with Crippen LogP contribution in [0.15, 0.2) is 42.9 Å². The number of carbonyl (C=O) groups excluding carboxylic acids is 1. The van der Waals surface area contributed by atoms with Gasteiger partial charge in [-0.25, -0.2) is 4.98 Å². The molecule has 0 unspecified atom stereocenters. The normalized spacial score (nSPS) is 11.4. The molecule has 0 spiro atoms. The lowest BCUT2D eigenvalue weighted by Gasteiger charge is -2.25. The summed E-state index contributed by atoms with van der Waals surface area (Å²) in [5, 5.41) is 2.93. The molecule has 0 radical (unpaired) electrons. The van der Waals surface area contributed by atoms with Crippen LogP contribution in [0.4, 0.5) is 0 Å². The van der Waals surface area contributed by atoms with Crippen molar-refractivity contribution in [2.45, 2.75) is 26.0 Å². The van der Waals surface area contributed by atoms with E-state index >= 15 is 0 Å². The number of amides is 1. The minimum absolute atomic E-state index is 0.191. The Morgan fingerprint density at radius 3 is 2.67 bits per heavy atom. The monoisotopic (exact) mass is 287 g/mol. The molecular weight excluding hydrogens is 266 g/mol. The molecular formula is C16H21N3O2. The Balaban J connectivity index is 1.82. The predicted octanol–water partition coefficient (Wildman–Crippen LogP) is 2.15. The zero-order valence-corrected chi connectivity index (χ0v) is 12.7. The number of ether oxygens (including phenoxy) is 1. The van der Waals surface area contributed by atoms with Gasteiger partial charge < -0.3 is 14.6 Å². The van der Waals surface area contributed by atoms with E-state index in [0.29, 0.717) is 18.9 Å². The summed E-state index contributed by atoms with van der Waals surface area (Å²) in [5.74, 6) is -0.191. The summed E-state index contributed by atoms with van der Waals surface area (Å²) in [4.78, 5) is 16.1. The van der Waals surface area contributed by atoms with Crippen molar-refractivity contribution in [1.29, 1.82) is 0 Å². The molecule has 1 amide bonds. The summed E-state index contributed by atoms with van der Waals surface area (Å²) in [6, 6.07) is 9.96. The summed E-state index contributed by atoms with van der Waals surface area (Å²) >= 11 is 0. The molecule has 2 rings (SSSR count). The Labute approximate surface area is 125 Å². The number of nitrogens with one attached hydrogen (secondary N) is 1. The zero-order valence-electron chi connectivity index (χ0n) is 12.7. The molecule has 21 heavy (non-hydrogen) atoms. The van der Waals surface area contributed by atoms with Gasteiger partial charge in [0.2, 0.25) is 0 Å². The number of hydrogen-bond acceptors (Lipinski definition) is 3. The van der Waals surface area contributed by atoms with Crippen LogP contribution in [-0.4, -0.2) is 27.6 Å². The lowest BCUT2D eigenvalue weighted by atomic mass is 10.1. The van der Waals surface area contributed by atoms with Gasteiger partial charge in [0.15, 0.2) is 0 Å². The smallest absolute Gasteiger partial charge is 0.271 e. The Morgan fingerprint density at radius 1 is 1.33 bits per heavy atom. The number of hydrogen-bond donors (Lipinski definition) is 1. The quantitative estimate of drug-likeness (QED) is 0.885. The fourth-order valence-electron chi connectivity index (χ4n) is 1.94. The molecule has 1 aromatic heterocycles. The molecule has 1 aromatic carbocycles. The second-order valence-electron chi connectivity index (χ2n) is 5.74. The van der Waals surface area contributed by atoms with Crippen LogP contribution >= 0.6 is 0 Å². The van der Waals surface area contributed by atoms with Crippen molar-refractivity contribution < 1.29 is 9.53 Å². The first-order valence-corrected chi connectivity index (χ1v) is 6.88. The topological polar surface area (TPSA) is 56.2 Å². The number of benzene rings is 1. The third-order valence-electron chi connectivity index (χ3n) is 2.96. The van der Waals surface area contributed by atoms with Gasteiger partial charge in [-0.1, -0.05) is 30.3 Å². The second-order valence-corrected chi connectivity index (χ2v) is 5.74. The molecule has 0 aliphatic heterocycles. The average Bonchev–Trinajstić information content (AvgIpc) is 2.86. The summed E-state index contributed by atoms with van der Waals surface area (Å²) in [6.07, 6.45) is 3.30. The highest BCUT2D eigenvalue weighted by Gasteiger charge is 2.22. The van der Waals surface area contributed by atoms with Crippen molar-refractivity contribution in [3.8, 4) is 0 Å². The molecule has 0 saturated carbocycles. The van der Waals surface area contributed by atoms with Gasteiger partial charge in [0.25, 0.3) is 5.91 Å². The molecule has 0 bridgehead atoms. The van der Waals surface area contributed by atoms with Crippen LogP contribution in [0.1, 0.15) is 29.9 Å². The van der Waals surface area contributed by atoms with Crippen LogP contribution < -0.4 is 5.32 Å². The summed E-state index contributed by atoms with van der Waals surface area (Å²) in [6.45, 7) is 4.82. The van der Waals surface area contributed by atoms with Gasteiger partial charge in [-0.2, -0.15) is 0 Å². The molecule has 112 valence electrons. The highest BCUT2D eigenvalue weighted by atomic mass is 16.5. The van der Waals surface area contributed by atoms with Crippen molar-refractivity contribution >= 4 is 5.91 Å². The van der Waals surface area contributed by atoms with Gasteiger partial charge in [0, 0.05) is 13.2 Å². The SMILES string of the molecule is Cn1cnc(C(=O)NC(C)(C)COCc2ccccc2)c1. The fourth-order valence-corrected chi connectivity index (χ4v) is 1.94. The molecule has 0 saturated heterocycles. The summed E-state index contributed by atoms with van der Waals surface area (Å²) < 4.78 is 7.43. The van der Waals surface area contributed by atoms with Crippen LogP contribution in [-0.2, 0) is 18.4 Å². The molecule has 0 aliphatic rings. The van der Waals surface area contributed by atoms with Crippen LogP contribution in [0.3, 0.4) is 0 Å². The van der Waals surface area contributed by atoms with Gasteiger partial charge in [0.05, 0.1) is 25.1 Å². The molecule has 0 atom stereocenters. The highest BCUT2D eigenvalue weighted by molar-refractivity contribution is 5.92. The number of rotatable bonds is 6. The Bertz CT molecular complexity index is 591. The molecule has 0 fully saturated rings. The third kappa shape index (κ3) is 4.72. The van der Waals surface area contributed by atoms with E-state index in [-0.39, 0.29) is 5.91 Å². The van der Waals surface area contributed by atoms with E-state index in [0.717, 1.165) is 5.56 Å². The molecule has 1 heterocycles. The first-order chi connectivity index (χ1) is 9.96. The Morgan fingerprint density at radius 2 is 2.05 bits per heavy atom. The van der Waals surface area contributed by atoms with E-state index in [1.807, 2.05) is 51.2 Å². The van der Waals surface area contributed by atoms with E-state index in [1.165, 1.54) is 0 Å². The van der Waals surface area contributed by atoms with E-state index in [1.54, 1.807) is 17.1 Å². The van der Waals surface area contributed by atoms with E-state index < -0.39 is 5.54 Å². The molecule has 2 aromatic rings. The number of aromatic nitrogens is 2. The lowest BCUT2D eigenvalue weighted by Crippen LogP contribution is -2.47. The minimum atomic E-state index is -0.455. The van der Waals surface area contributed by atoms with Gasteiger partial charge in [-0.3, -0.25) is 4.79 Å². The van der Waals surface area contributed by atoms with Gasteiger partial charge in [0.1, 0.15) is 5.69 Å². The standard InChI is InChI=1S/C16H21N3O2/c1-16(2,11-21-10-13-7-5-4-6-8-13)18-15(20)14-9-19(3)12-17-14/h4-9,12H,10-11H2,1-3H3,(H,18,20). The van der Waals surface area contributed by atoms with Crippen molar-refractivity contribution in [2.24, 2.45) is 7.05 Å². The number of carbonyl (C=O) groups is 1. The van der Waals surface area contributed by atoms with Gasteiger partial charge in [-0.15, -0.1) is 0 Å². The molecule has 1 N–H and O–H groups in total. The second kappa shape index (κ2) is 6.54. The molecule has 5 nitrogen and oxygen atoms in total. The summed E-state index contributed by atoms with van der Waals surface area (Å²) in [5.41, 5.74) is 1.07. The first kappa shape index (κ1) is 15.3. The molecule has 0 aliphatic carbocycles. The zero-order chi connectivity index (χ0) is 15.3. The maximum absolute atomic E-state index is 12.1. The largest absolute Gasteiger partial charge is 0.374 e. The van der Waals surface area contributed by atoms with Crippen LogP contribution in [0.25, 0.3) is 0 Å². The van der Waals surface area contributed by atoms with Crippen LogP contribution in [0, 0.1) is 0 Å². The number of imidazole rings is 1. The van der Waals surface area contributed by atoms with Crippen molar-refractivity contribution in [2.75, 3.05) is 6.61 Å². The highest BCUT2D eigenvalue weighted by Crippen LogP contribution is 2.08. The maximum Gasteiger partial charge on any atom is 0.271 e. The predicted molar refractivity (Wildman–Crippen MR) is 80.9 cm³/mol. The Hall–Kier alpha value is -2.14. The number of nitrogens with zero attached hydrogens (tertiary/aromatic N) is 2. The van der Waals surface area contributed by atoms with E-state index in [4.69, 9.17) is 4.74 Å². The first-order valence-electron chi connectivity index (χ1n) is 6.88. The van der Waals surface area contributed by atoms with Crippen molar-refractivity contribution in [3.05, 3.63) is 54.1 Å². The van der Waals surface area contributed by atoms with Crippen LogP contribution in [0.5, 0.6) is 0 Å². The van der Waals surface area contributed by atoms with Gasteiger partial charge in [-0.05, 0) is 19.4 Å². The number of aryl methyl sites for hydroxylation is 1. The van der Waals surface area contributed by atoms with Gasteiger partial charge >= 0.3 is 0 Å². The molecule has 5 heteroatoms. The summed E-state index contributed by atoms with van der Waals surface area (Å²) in [7, 11) is 1.83.